The maximum atomic E-state index is 12.3. The summed E-state index contributed by atoms with van der Waals surface area (Å²) in [5, 5.41) is 9.48. The lowest BCUT2D eigenvalue weighted by molar-refractivity contribution is 0.281. The van der Waals surface area contributed by atoms with Crippen molar-refractivity contribution in [2.24, 2.45) is 0 Å². The second-order valence-corrected chi connectivity index (χ2v) is 6.84. The number of sulfonamides is 1. The molecule has 5 nitrogen and oxygen atoms in total. The van der Waals surface area contributed by atoms with Crippen molar-refractivity contribution in [1.82, 2.24) is 4.72 Å². The Bertz CT molecular complexity index is 698. The molecule has 1 unspecified atom stereocenters. The number of furan rings is 1. The van der Waals surface area contributed by atoms with Crippen molar-refractivity contribution in [2.75, 3.05) is 0 Å². The molecule has 0 bridgehead atoms. The number of halogens is 1. The van der Waals surface area contributed by atoms with Crippen molar-refractivity contribution in [1.29, 1.82) is 0 Å². The van der Waals surface area contributed by atoms with E-state index in [-0.39, 0.29) is 17.5 Å². The highest BCUT2D eigenvalue weighted by molar-refractivity contribution is 7.89. The summed E-state index contributed by atoms with van der Waals surface area (Å²) in [4.78, 5) is 0.0715. The topological polar surface area (TPSA) is 79.5 Å². The Hall–Kier alpha value is -1.34. The van der Waals surface area contributed by atoms with E-state index in [0.717, 1.165) is 0 Å². The maximum Gasteiger partial charge on any atom is 0.240 e. The van der Waals surface area contributed by atoms with E-state index in [9.17, 15) is 8.42 Å². The molecular formula is C14H16ClNO4S. The number of aliphatic hydroxyl groups excluding tert-OH is 1. The van der Waals surface area contributed by atoms with Crippen molar-refractivity contribution in [3.63, 3.8) is 0 Å². The van der Waals surface area contributed by atoms with Gasteiger partial charge < -0.3 is 9.52 Å². The van der Waals surface area contributed by atoms with E-state index in [2.05, 4.69) is 4.72 Å². The number of benzene rings is 1. The second kappa shape index (κ2) is 6.62. The zero-order valence-corrected chi connectivity index (χ0v) is 13.0. The third-order valence-corrected chi connectivity index (χ3v) is 4.90. The van der Waals surface area contributed by atoms with Gasteiger partial charge in [0.2, 0.25) is 10.0 Å². The van der Waals surface area contributed by atoms with Crippen LogP contribution < -0.4 is 4.72 Å². The highest BCUT2D eigenvalue weighted by Gasteiger charge is 2.19. The molecule has 0 saturated carbocycles. The standard InChI is InChI=1S/C14H16ClNO4S/c1-10(7-12-3-2-6-20-12)16-21(18,19)13-4-5-14(15)11(8-13)9-17/h2-6,8,10,16-17H,7,9H2,1H3. The number of rotatable bonds is 6. The van der Waals surface area contributed by atoms with E-state index < -0.39 is 10.0 Å². The Labute approximate surface area is 128 Å². The lowest BCUT2D eigenvalue weighted by Gasteiger charge is -2.14. The van der Waals surface area contributed by atoms with Crippen LogP contribution in [0.1, 0.15) is 18.2 Å². The molecule has 0 aliphatic carbocycles. The minimum absolute atomic E-state index is 0.0715. The molecule has 1 heterocycles. The Balaban J connectivity index is 2.14. The van der Waals surface area contributed by atoms with E-state index in [1.54, 1.807) is 25.3 Å². The summed E-state index contributed by atoms with van der Waals surface area (Å²) in [5.74, 6) is 0.706. The zero-order valence-electron chi connectivity index (χ0n) is 11.4. The number of hydrogen-bond acceptors (Lipinski definition) is 4. The van der Waals surface area contributed by atoms with Crippen LogP contribution in [0, 0.1) is 0 Å². The second-order valence-electron chi connectivity index (χ2n) is 4.72. The number of aliphatic hydroxyl groups is 1. The van der Waals surface area contributed by atoms with Gasteiger partial charge >= 0.3 is 0 Å². The van der Waals surface area contributed by atoms with E-state index in [1.807, 2.05) is 0 Å². The predicted molar refractivity (Wildman–Crippen MR) is 79.6 cm³/mol. The fourth-order valence-electron chi connectivity index (χ4n) is 1.94. The molecule has 1 aromatic heterocycles. The first-order valence-corrected chi connectivity index (χ1v) is 8.22. The highest BCUT2D eigenvalue weighted by atomic mass is 35.5. The lowest BCUT2D eigenvalue weighted by Crippen LogP contribution is -2.34. The Morgan fingerprint density at radius 2 is 2.14 bits per heavy atom. The summed E-state index contributed by atoms with van der Waals surface area (Å²) in [5.41, 5.74) is 0.373. The Morgan fingerprint density at radius 3 is 2.76 bits per heavy atom. The molecule has 2 aromatic rings. The summed E-state index contributed by atoms with van der Waals surface area (Å²) in [6.07, 6.45) is 2.00. The zero-order chi connectivity index (χ0) is 15.5. The SMILES string of the molecule is CC(Cc1ccco1)NS(=O)(=O)c1ccc(Cl)c(CO)c1. The molecule has 0 saturated heterocycles. The largest absolute Gasteiger partial charge is 0.469 e. The van der Waals surface area contributed by atoms with Crippen LogP contribution in [-0.2, 0) is 23.1 Å². The van der Waals surface area contributed by atoms with Crippen LogP contribution in [0.5, 0.6) is 0 Å². The Kier molecular flexibility index (Phi) is 5.05. The monoisotopic (exact) mass is 329 g/mol. The van der Waals surface area contributed by atoms with Gasteiger partial charge in [-0.2, -0.15) is 0 Å². The van der Waals surface area contributed by atoms with E-state index in [1.165, 1.54) is 18.2 Å². The molecule has 0 spiro atoms. The minimum atomic E-state index is -3.67. The van der Waals surface area contributed by atoms with E-state index >= 15 is 0 Å². The van der Waals surface area contributed by atoms with Crippen molar-refractivity contribution in [3.05, 3.63) is 52.9 Å². The van der Waals surface area contributed by atoms with Gasteiger partial charge in [-0.1, -0.05) is 11.6 Å². The van der Waals surface area contributed by atoms with Crippen LogP contribution in [0.2, 0.25) is 5.02 Å². The summed E-state index contributed by atoms with van der Waals surface area (Å²) >= 11 is 5.86. The molecule has 114 valence electrons. The van der Waals surface area contributed by atoms with Gasteiger partial charge in [-0.3, -0.25) is 0 Å². The molecule has 21 heavy (non-hydrogen) atoms. The van der Waals surface area contributed by atoms with Crippen LogP contribution in [0.3, 0.4) is 0 Å². The molecule has 0 aliphatic heterocycles. The summed E-state index contributed by atoms with van der Waals surface area (Å²) in [7, 11) is -3.67. The van der Waals surface area contributed by atoms with Gasteiger partial charge in [0.05, 0.1) is 17.8 Å². The first-order chi connectivity index (χ1) is 9.92. The van der Waals surface area contributed by atoms with Crippen molar-refractivity contribution < 1.29 is 17.9 Å². The maximum absolute atomic E-state index is 12.3. The molecule has 2 rings (SSSR count). The van der Waals surface area contributed by atoms with Crippen LogP contribution in [-0.4, -0.2) is 19.6 Å². The molecule has 1 aromatic carbocycles. The number of hydrogen-bond donors (Lipinski definition) is 2. The molecule has 2 N–H and O–H groups in total. The summed E-state index contributed by atoms with van der Waals surface area (Å²) in [6.45, 7) is 1.44. The van der Waals surface area contributed by atoms with Gasteiger partial charge in [-0.05, 0) is 42.8 Å². The summed E-state index contributed by atoms with van der Waals surface area (Å²) < 4.78 is 32.3. The third kappa shape index (κ3) is 4.07. The molecular weight excluding hydrogens is 314 g/mol. The van der Waals surface area contributed by atoms with Crippen LogP contribution >= 0.6 is 11.6 Å². The van der Waals surface area contributed by atoms with Gasteiger partial charge in [0.25, 0.3) is 0 Å². The smallest absolute Gasteiger partial charge is 0.240 e. The third-order valence-electron chi connectivity index (χ3n) is 2.94. The van der Waals surface area contributed by atoms with Crippen LogP contribution in [0.4, 0.5) is 0 Å². The van der Waals surface area contributed by atoms with Gasteiger partial charge in [0, 0.05) is 17.5 Å². The fraction of sp³-hybridized carbons (Fsp3) is 0.286. The molecule has 1 atom stereocenters. The van der Waals surface area contributed by atoms with Crippen LogP contribution in [0.15, 0.2) is 45.9 Å². The van der Waals surface area contributed by atoms with Gasteiger partial charge in [-0.25, -0.2) is 13.1 Å². The van der Waals surface area contributed by atoms with Crippen LogP contribution in [0.25, 0.3) is 0 Å². The first-order valence-electron chi connectivity index (χ1n) is 6.36. The average molecular weight is 330 g/mol. The molecule has 7 heteroatoms. The minimum Gasteiger partial charge on any atom is -0.469 e. The van der Waals surface area contributed by atoms with E-state index in [0.29, 0.717) is 22.8 Å². The average Bonchev–Trinajstić information content (AvgIpc) is 2.91. The number of nitrogens with one attached hydrogen (secondary N) is 1. The van der Waals surface area contributed by atoms with Crippen molar-refractivity contribution in [2.45, 2.75) is 30.9 Å². The normalized spacial score (nSPS) is 13.3. The molecule has 0 radical (unpaired) electrons. The van der Waals surface area contributed by atoms with Crippen molar-refractivity contribution >= 4 is 21.6 Å². The highest BCUT2D eigenvalue weighted by Crippen LogP contribution is 2.20. The van der Waals surface area contributed by atoms with Gasteiger partial charge in [-0.15, -0.1) is 0 Å². The van der Waals surface area contributed by atoms with Crippen molar-refractivity contribution in [3.8, 4) is 0 Å². The van der Waals surface area contributed by atoms with Gasteiger partial charge in [0.15, 0.2) is 0 Å². The predicted octanol–water partition coefficient (Wildman–Crippen LogP) is 2.33. The first kappa shape index (κ1) is 16.0. The quantitative estimate of drug-likeness (QED) is 0.852. The Morgan fingerprint density at radius 1 is 1.38 bits per heavy atom. The molecule has 0 aliphatic rings. The fourth-order valence-corrected chi connectivity index (χ4v) is 3.42. The molecule has 0 fully saturated rings. The summed E-state index contributed by atoms with van der Waals surface area (Å²) in [6, 6.07) is 7.45. The van der Waals surface area contributed by atoms with E-state index in [4.69, 9.17) is 21.1 Å². The lowest BCUT2D eigenvalue weighted by atomic mass is 10.2. The van der Waals surface area contributed by atoms with Gasteiger partial charge in [0.1, 0.15) is 5.76 Å². The molecule has 0 amide bonds.